The van der Waals surface area contributed by atoms with E-state index in [4.69, 9.17) is 0 Å². The fraction of sp³-hybridized carbons (Fsp3) is 0.545. The topological polar surface area (TPSA) is 56.0 Å². The van der Waals surface area contributed by atoms with Crippen LogP contribution in [0.3, 0.4) is 0 Å². The summed E-state index contributed by atoms with van der Waals surface area (Å²) in [4.78, 5) is 15.0. The van der Waals surface area contributed by atoms with Crippen LogP contribution in [0.2, 0.25) is 0 Å². The second-order valence-corrected chi connectivity index (χ2v) is 5.32. The zero-order chi connectivity index (χ0) is 11.4. The van der Waals surface area contributed by atoms with E-state index in [0.29, 0.717) is 5.25 Å². The zero-order valence-corrected chi connectivity index (χ0v) is 9.78. The predicted octanol–water partition coefficient (Wildman–Crippen LogP) is 3.41. The SMILES string of the molecule is O=[N+]([O-])c1cnccc1SC1CCCCC1. The minimum atomic E-state index is -0.349. The maximum Gasteiger partial charge on any atom is 0.300 e. The molecule has 0 amide bonds. The summed E-state index contributed by atoms with van der Waals surface area (Å²) in [5, 5.41) is 11.4. The van der Waals surface area contributed by atoms with E-state index in [1.165, 1.54) is 38.3 Å². The van der Waals surface area contributed by atoms with Crippen LogP contribution in [0.15, 0.2) is 23.4 Å². The van der Waals surface area contributed by atoms with E-state index < -0.39 is 0 Å². The number of pyridine rings is 1. The Balaban J connectivity index is 2.10. The molecule has 2 rings (SSSR count). The number of hydrogen-bond acceptors (Lipinski definition) is 4. The molecular weight excluding hydrogens is 224 g/mol. The van der Waals surface area contributed by atoms with Crippen LogP contribution in [0.5, 0.6) is 0 Å². The lowest BCUT2D eigenvalue weighted by atomic mass is 10.0. The number of nitro groups is 1. The third kappa shape index (κ3) is 2.72. The Labute approximate surface area is 98.6 Å². The molecule has 4 nitrogen and oxygen atoms in total. The van der Waals surface area contributed by atoms with E-state index in [0.717, 1.165) is 4.90 Å². The molecule has 0 radical (unpaired) electrons. The largest absolute Gasteiger partial charge is 0.300 e. The fourth-order valence-corrected chi connectivity index (χ4v) is 3.29. The van der Waals surface area contributed by atoms with Gasteiger partial charge in [-0.2, -0.15) is 0 Å². The average molecular weight is 238 g/mol. The summed E-state index contributed by atoms with van der Waals surface area (Å²) < 4.78 is 0. The highest BCUT2D eigenvalue weighted by molar-refractivity contribution is 8.00. The average Bonchev–Trinajstić information content (AvgIpc) is 2.31. The molecule has 0 saturated heterocycles. The molecule has 1 aromatic rings. The summed E-state index contributed by atoms with van der Waals surface area (Å²) in [5.74, 6) is 0. The number of aromatic nitrogens is 1. The van der Waals surface area contributed by atoms with Gasteiger partial charge in [-0.3, -0.25) is 15.1 Å². The highest BCUT2D eigenvalue weighted by Gasteiger charge is 2.20. The van der Waals surface area contributed by atoms with Gasteiger partial charge in [-0.25, -0.2) is 0 Å². The summed E-state index contributed by atoms with van der Waals surface area (Å²) in [7, 11) is 0. The van der Waals surface area contributed by atoms with Crippen LogP contribution in [0.1, 0.15) is 32.1 Å². The van der Waals surface area contributed by atoms with Crippen molar-refractivity contribution in [1.29, 1.82) is 0 Å². The summed E-state index contributed by atoms with van der Waals surface area (Å²) in [6.45, 7) is 0. The third-order valence-electron chi connectivity index (χ3n) is 2.80. The molecule has 0 bridgehead atoms. The van der Waals surface area contributed by atoms with Crippen molar-refractivity contribution in [3.8, 4) is 0 Å². The molecule has 16 heavy (non-hydrogen) atoms. The standard InChI is InChI=1S/C11H14N2O2S/c14-13(15)10-8-12-7-6-11(10)16-9-4-2-1-3-5-9/h6-9H,1-5H2. The summed E-state index contributed by atoms with van der Waals surface area (Å²) in [5.41, 5.74) is 0.137. The van der Waals surface area contributed by atoms with Crippen molar-refractivity contribution < 1.29 is 4.92 Å². The van der Waals surface area contributed by atoms with Gasteiger partial charge in [-0.05, 0) is 18.9 Å². The van der Waals surface area contributed by atoms with Crippen molar-refractivity contribution in [2.24, 2.45) is 0 Å². The Kier molecular flexibility index (Phi) is 3.77. The predicted molar refractivity (Wildman–Crippen MR) is 63.6 cm³/mol. The molecule has 1 fully saturated rings. The first kappa shape index (κ1) is 11.4. The Hall–Kier alpha value is -1.10. The molecule has 0 N–H and O–H groups in total. The molecule has 1 aliphatic rings. The maximum atomic E-state index is 10.8. The van der Waals surface area contributed by atoms with E-state index in [1.54, 1.807) is 24.0 Å². The number of hydrogen-bond donors (Lipinski definition) is 0. The van der Waals surface area contributed by atoms with Gasteiger partial charge in [0.1, 0.15) is 6.20 Å². The van der Waals surface area contributed by atoms with Gasteiger partial charge in [0, 0.05) is 11.4 Å². The van der Waals surface area contributed by atoms with E-state index >= 15 is 0 Å². The lowest BCUT2D eigenvalue weighted by Gasteiger charge is -2.20. The molecule has 0 spiro atoms. The minimum absolute atomic E-state index is 0.137. The van der Waals surface area contributed by atoms with Gasteiger partial charge in [0.25, 0.3) is 0 Å². The zero-order valence-electron chi connectivity index (χ0n) is 8.96. The Bertz CT molecular complexity index is 378. The molecule has 1 heterocycles. The Morgan fingerprint density at radius 3 is 2.81 bits per heavy atom. The lowest BCUT2D eigenvalue weighted by molar-refractivity contribution is -0.388. The van der Waals surface area contributed by atoms with Crippen LogP contribution >= 0.6 is 11.8 Å². The van der Waals surface area contributed by atoms with Crippen LogP contribution in [0, 0.1) is 10.1 Å². The summed E-state index contributed by atoms with van der Waals surface area (Å²) >= 11 is 1.64. The van der Waals surface area contributed by atoms with Gasteiger partial charge in [0.05, 0.1) is 9.82 Å². The molecule has 86 valence electrons. The van der Waals surface area contributed by atoms with Crippen LogP contribution in [0.4, 0.5) is 5.69 Å². The van der Waals surface area contributed by atoms with Gasteiger partial charge < -0.3 is 0 Å². The van der Waals surface area contributed by atoms with E-state index in [2.05, 4.69) is 4.98 Å². The van der Waals surface area contributed by atoms with Gasteiger partial charge in [0.15, 0.2) is 0 Å². The first-order valence-electron chi connectivity index (χ1n) is 5.52. The normalized spacial score (nSPS) is 17.2. The second-order valence-electron chi connectivity index (χ2n) is 3.98. The second kappa shape index (κ2) is 5.30. The molecule has 1 aliphatic carbocycles. The molecule has 0 aliphatic heterocycles. The Morgan fingerprint density at radius 1 is 1.38 bits per heavy atom. The highest BCUT2D eigenvalue weighted by Crippen LogP contribution is 2.37. The number of rotatable bonds is 3. The number of thioether (sulfide) groups is 1. The van der Waals surface area contributed by atoms with Gasteiger partial charge in [-0.15, -0.1) is 11.8 Å². The van der Waals surface area contributed by atoms with Crippen molar-refractivity contribution in [1.82, 2.24) is 4.98 Å². The molecule has 5 heteroatoms. The quantitative estimate of drug-likeness (QED) is 0.598. The molecule has 1 saturated carbocycles. The molecule has 1 aromatic heterocycles. The van der Waals surface area contributed by atoms with Gasteiger partial charge >= 0.3 is 5.69 Å². The monoisotopic (exact) mass is 238 g/mol. The molecule has 0 aromatic carbocycles. The van der Waals surface area contributed by atoms with E-state index in [1.807, 2.05) is 0 Å². The van der Waals surface area contributed by atoms with Crippen LogP contribution in [-0.2, 0) is 0 Å². The third-order valence-corrected chi connectivity index (χ3v) is 4.21. The highest BCUT2D eigenvalue weighted by atomic mass is 32.2. The van der Waals surface area contributed by atoms with Crippen LogP contribution < -0.4 is 0 Å². The fourth-order valence-electron chi connectivity index (χ4n) is 1.97. The first-order chi connectivity index (χ1) is 7.77. The van der Waals surface area contributed by atoms with Crippen LogP contribution in [-0.4, -0.2) is 15.2 Å². The molecule has 0 unspecified atom stereocenters. The van der Waals surface area contributed by atoms with E-state index in [9.17, 15) is 10.1 Å². The summed E-state index contributed by atoms with van der Waals surface area (Å²) in [6, 6.07) is 1.75. The molecule has 0 atom stereocenters. The first-order valence-corrected chi connectivity index (χ1v) is 6.40. The van der Waals surface area contributed by atoms with Crippen molar-refractivity contribution >= 4 is 17.4 Å². The lowest BCUT2D eigenvalue weighted by Crippen LogP contribution is -2.08. The molecular formula is C11H14N2O2S. The summed E-state index contributed by atoms with van der Waals surface area (Å²) in [6.07, 6.45) is 9.10. The smallest absolute Gasteiger partial charge is 0.258 e. The van der Waals surface area contributed by atoms with Crippen molar-refractivity contribution in [3.05, 3.63) is 28.6 Å². The Morgan fingerprint density at radius 2 is 2.12 bits per heavy atom. The number of nitrogens with zero attached hydrogens (tertiary/aromatic N) is 2. The van der Waals surface area contributed by atoms with Gasteiger partial charge in [-0.1, -0.05) is 19.3 Å². The maximum absolute atomic E-state index is 10.8. The van der Waals surface area contributed by atoms with E-state index in [-0.39, 0.29) is 10.6 Å². The van der Waals surface area contributed by atoms with Gasteiger partial charge in [0.2, 0.25) is 0 Å². The van der Waals surface area contributed by atoms with Crippen molar-refractivity contribution in [3.63, 3.8) is 0 Å². The van der Waals surface area contributed by atoms with Crippen LogP contribution in [0.25, 0.3) is 0 Å². The van der Waals surface area contributed by atoms with Crippen molar-refractivity contribution in [2.45, 2.75) is 42.2 Å². The minimum Gasteiger partial charge on any atom is -0.258 e. The van der Waals surface area contributed by atoms with Crippen molar-refractivity contribution in [2.75, 3.05) is 0 Å².